The lowest BCUT2D eigenvalue weighted by Gasteiger charge is -2.24. The Hall–Kier alpha value is -1.36. The fraction of sp³-hybridized carbons (Fsp3) is 0.294. The zero-order valence-corrected chi connectivity index (χ0v) is 13.8. The highest BCUT2D eigenvalue weighted by Gasteiger charge is 2.24. The third-order valence-corrected chi connectivity index (χ3v) is 4.59. The van der Waals surface area contributed by atoms with E-state index in [9.17, 15) is 5.11 Å². The lowest BCUT2D eigenvalue weighted by molar-refractivity contribution is 0.146. The molecule has 2 rings (SSSR count). The van der Waals surface area contributed by atoms with E-state index in [0.717, 1.165) is 26.9 Å². The summed E-state index contributed by atoms with van der Waals surface area (Å²) < 4.78 is 6.41. The average Bonchev–Trinajstić information content (AvgIpc) is 2.51. The van der Waals surface area contributed by atoms with Gasteiger partial charge in [0.2, 0.25) is 0 Å². The van der Waals surface area contributed by atoms with Crippen LogP contribution in [0.3, 0.4) is 0 Å². The molecule has 0 spiro atoms. The maximum absolute atomic E-state index is 10.7. The number of nitrogens with two attached hydrogens (primary N) is 1. The van der Waals surface area contributed by atoms with E-state index >= 15 is 0 Å². The first-order valence-electron chi connectivity index (χ1n) is 6.85. The first-order valence-corrected chi connectivity index (χ1v) is 7.65. The SMILES string of the molecule is COc1ccccc1C(CN)C(O)c1ccc(Br)c(C)c1. The van der Waals surface area contributed by atoms with Crippen molar-refractivity contribution in [3.63, 3.8) is 0 Å². The molecule has 0 aliphatic rings. The molecule has 0 fully saturated rings. The molecule has 0 aromatic heterocycles. The number of methoxy groups -OCH3 is 1. The van der Waals surface area contributed by atoms with Gasteiger partial charge in [0.05, 0.1) is 13.2 Å². The first kappa shape index (κ1) is 16.0. The van der Waals surface area contributed by atoms with Crippen molar-refractivity contribution in [2.45, 2.75) is 18.9 Å². The Balaban J connectivity index is 2.38. The lowest BCUT2D eigenvalue weighted by Crippen LogP contribution is -2.21. The number of aliphatic hydroxyl groups is 1. The highest BCUT2D eigenvalue weighted by atomic mass is 79.9. The third kappa shape index (κ3) is 3.46. The highest BCUT2D eigenvalue weighted by Crippen LogP contribution is 2.36. The minimum Gasteiger partial charge on any atom is -0.496 e. The number of aliphatic hydroxyl groups excluding tert-OH is 1. The molecule has 3 N–H and O–H groups in total. The molecule has 21 heavy (non-hydrogen) atoms. The largest absolute Gasteiger partial charge is 0.496 e. The fourth-order valence-corrected chi connectivity index (χ4v) is 2.73. The number of ether oxygens (including phenoxy) is 1. The van der Waals surface area contributed by atoms with Crippen molar-refractivity contribution in [2.24, 2.45) is 5.73 Å². The van der Waals surface area contributed by atoms with Crippen LogP contribution in [-0.2, 0) is 0 Å². The monoisotopic (exact) mass is 349 g/mol. The van der Waals surface area contributed by atoms with E-state index in [-0.39, 0.29) is 5.92 Å². The molecule has 2 aromatic carbocycles. The topological polar surface area (TPSA) is 55.5 Å². The van der Waals surface area contributed by atoms with E-state index in [1.165, 1.54) is 0 Å². The maximum Gasteiger partial charge on any atom is 0.122 e. The Morgan fingerprint density at radius 2 is 1.95 bits per heavy atom. The van der Waals surface area contributed by atoms with Crippen LogP contribution in [0.1, 0.15) is 28.7 Å². The van der Waals surface area contributed by atoms with Gasteiger partial charge in [-0.25, -0.2) is 0 Å². The number of hydrogen-bond donors (Lipinski definition) is 2. The molecule has 0 radical (unpaired) electrons. The molecule has 0 amide bonds. The summed E-state index contributed by atoms with van der Waals surface area (Å²) >= 11 is 3.47. The van der Waals surface area contributed by atoms with Gasteiger partial charge in [-0.15, -0.1) is 0 Å². The van der Waals surface area contributed by atoms with E-state index < -0.39 is 6.10 Å². The summed E-state index contributed by atoms with van der Waals surface area (Å²) in [6.45, 7) is 2.34. The molecule has 0 saturated heterocycles. The van der Waals surface area contributed by atoms with Crippen molar-refractivity contribution in [1.82, 2.24) is 0 Å². The summed E-state index contributed by atoms with van der Waals surface area (Å²) in [6, 6.07) is 13.5. The molecule has 0 aliphatic heterocycles. The molecule has 2 aromatic rings. The molecule has 3 nitrogen and oxygen atoms in total. The van der Waals surface area contributed by atoms with Crippen molar-refractivity contribution < 1.29 is 9.84 Å². The Labute approximate surface area is 133 Å². The molecule has 2 unspecified atom stereocenters. The number of benzene rings is 2. The van der Waals surface area contributed by atoms with Crippen molar-refractivity contribution in [1.29, 1.82) is 0 Å². The summed E-state index contributed by atoms with van der Waals surface area (Å²) in [6.07, 6.45) is -0.668. The lowest BCUT2D eigenvalue weighted by atomic mass is 9.88. The molecule has 0 aliphatic carbocycles. The van der Waals surface area contributed by atoms with Crippen LogP contribution in [0.2, 0.25) is 0 Å². The fourth-order valence-electron chi connectivity index (χ4n) is 2.48. The summed E-state index contributed by atoms with van der Waals surface area (Å²) in [5.41, 5.74) is 8.78. The number of para-hydroxylation sites is 1. The summed E-state index contributed by atoms with van der Waals surface area (Å²) in [5, 5.41) is 10.7. The van der Waals surface area contributed by atoms with Crippen LogP contribution < -0.4 is 10.5 Å². The molecule has 0 saturated carbocycles. The minimum atomic E-state index is -0.668. The molecule has 112 valence electrons. The molecule has 4 heteroatoms. The van der Waals surface area contributed by atoms with Crippen molar-refractivity contribution >= 4 is 15.9 Å². The molecule has 0 bridgehead atoms. The van der Waals surface area contributed by atoms with E-state index in [1.807, 2.05) is 49.4 Å². The van der Waals surface area contributed by atoms with Crippen molar-refractivity contribution in [3.8, 4) is 5.75 Å². The second kappa shape index (κ2) is 7.07. The van der Waals surface area contributed by atoms with Gasteiger partial charge in [0.1, 0.15) is 5.75 Å². The highest BCUT2D eigenvalue weighted by molar-refractivity contribution is 9.10. The Kier molecular flexibility index (Phi) is 5.39. The van der Waals surface area contributed by atoms with Gasteiger partial charge in [-0.2, -0.15) is 0 Å². The maximum atomic E-state index is 10.7. The van der Waals surface area contributed by atoms with E-state index in [1.54, 1.807) is 7.11 Å². The van der Waals surface area contributed by atoms with Crippen LogP contribution >= 0.6 is 15.9 Å². The number of hydrogen-bond acceptors (Lipinski definition) is 3. The van der Waals surface area contributed by atoms with Gasteiger partial charge in [0.25, 0.3) is 0 Å². The van der Waals surface area contributed by atoms with Gasteiger partial charge in [0, 0.05) is 22.5 Å². The summed E-state index contributed by atoms with van der Waals surface area (Å²) in [7, 11) is 1.63. The zero-order valence-electron chi connectivity index (χ0n) is 12.2. The smallest absolute Gasteiger partial charge is 0.122 e. The zero-order chi connectivity index (χ0) is 15.4. The third-order valence-electron chi connectivity index (χ3n) is 3.70. The van der Waals surface area contributed by atoms with Crippen LogP contribution in [0.4, 0.5) is 0 Å². The van der Waals surface area contributed by atoms with Crippen LogP contribution in [0, 0.1) is 6.92 Å². The number of halogens is 1. The average molecular weight is 350 g/mol. The van der Waals surface area contributed by atoms with Gasteiger partial charge in [-0.1, -0.05) is 46.3 Å². The predicted molar refractivity (Wildman–Crippen MR) is 88.6 cm³/mol. The quantitative estimate of drug-likeness (QED) is 0.867. The van der Waals surface area contributed by atoms with Crippen LogP contribution in [0.5, 0.6) is 5.75 Å². The predicted octanol–water partition coefficient (Wildman–Crippen LogP) is 3.54. The van der Waals surface area contributed by atoms with Gasteiger partial charge < -0.3 is 15.6 Å². The molecule has 2 atom stereocenters. The van der Waals surface area contributed by atoms with Gasteiger partial charge in [0.15, 0.2) is 0 Å². The molecule has 0 heterocycles. The minimum absolute atomic E-state index is 0.207. The standard InChI is InChI=1S/C17H20BrNO2/c1-11-9-12(7-8-15(11)18)17(20)14(10-19)13-5-3-4-6-16(13)21-2/h3-9,14,17,20H,10,19H2,1-2H3. The number of rotatable bonds is 5. The van der Waals surface area contributed by atoms with E-state index in [4.69, 9.17) is 10.5 Å². The van der Waals surface area contributed by atoms with E-state index in [0.29, 0.717) is 6.54 Å². The second-order valence-electron chi connectivity index (χ2n) is 5.04. The second-order valence-corrected chi connectivity index (χ2v) is 5.89. The Bertz CT molecular complexity index is 615. The van der Waals surface area contributed by atoms with Crippen LogP contribution in [-0.4, -0.2) is 18.8 Å². The van der Waals surface area contributed by atoms with Crippen LogP contribution in [0.15, 0.2) is 46.9 Å². The molecular weight excluding hydrogens is 330 g/mol. The Morgan fingerprint density at radius 3 is 2.57 bits per heavy atom. The number of aryl methyl sites for hydroxylation is 1. The van der Waals surface area contributed by atoms with Crippen LogP contribution in [0.25, 0.3) is 0 Å². The van der Waals surface area contributed by atoms with Gasteiger partial charge >= 0.3 is 0 Å². The summed E-state index contributed by atoms with van der Waals surface area (Å²) in [4.78, 5) is 0. The van der Waals surface area contributed by atoms with Crippen molar-refractivity contribution in [3.05, 3.63) is 63.6 Å². The van der Waals surface area contributed by atoms with Gasteiger partial charge in [-0.3, -0.25) is 0 Å². The van der Waals surface area contributed by atoms with Crippen molar-refractivity contribution in [2.75, 3.05) is 13.7 Å². The van der Waals surface area contributed by atoms with E-state index in [2.05, 4.69) is 15.9 Å². The summed E-state index contributed by atoms with van der Waals surface area (Å²) in [5.74, 6) is 0.544. The molecular formula is C17H20BrNO2. The van der Waals surface area contributed by atoms with Gasteiger partial charge in [-0.05, 0) is 30.2 Å². The Morgan fingerprint density at radius 1 is 1.24 bits per heavy atom. The first-order chi connectivity index (χ1) is 10.1. The normalized spacial score (nSPS) is 13.8.